The number of amides is 2. The van der Waals surface area contributed by atoms with Crippen LogP contribution in [0.1, 0.15) is 12.8 Å². The van der Waals surface area contributed by atoms with Crippen molar-refractivity contribution < 1.29 is 4.79 Å². The number of benzene rings is 1. The first-order valence-corrected chi connectivity index (χ1v) is 9.44. The second kappa shape index (κ2) is 6.97. The van der Waals surface area contributed by atoms with Gasteiger partial charge in [0, 0.05) is 38.4 Å². The Hall–Kier alpha value is -2.19. The Morgan fingerprint density at radius 1 is 1.24 bits per heavy atom. The SMILES string of the molecule is CN(C(=O)Nc1nnc(N2CCN3CCC[C@H]3C2)s1)c1ccccc1. The Morgan fingerprint density at radius 2 is 2.08 bits per heavy atom. The van der Waals surface area contributed by atoms with Crippen LogP contribution in [0.4, 0.5) is 20.7 Å². The van der Waals surface area contributed by atoms with E-state index in [0.717, 1.165) is 30.5 Å². The molecule has 0 radical (unpaired) electrons. The third-order valence-electron chi connectivity index (χ3n) is 4.93. The minimum absolute atomic E-state index is 0.213. The smallest absolute Gasteiger partial charge is 0.327 e. The van der Waals surface area contributed by atoms with Crippen LogP contribution in [0.3, 0.4) is 0 Å². The van der Waals surface area contributed by atoms with Gasteiger partial charge >= 0.3 is 6.03 Å². The van der Waals surface area contributed by atoms with E-state index < -0.39 is 0 Å². The van der Waals surface area contributed by atoms with Crippen molar-refractivity contribution in [3.05, 3.63) is 30.3 Å². The molecule has 2 saturated heterocycles. The molecule has 4 rings (SSSR count). The normalized spacial score (nSPS) is 20.4. The summed E-state index contributed by atoms with van der Waals surface area (Å²) in [6.07, 6.45) is 2.56. The molecule has 3 heterocycles. The van der Waals surface area contributed by atoms with E-state index in [1.54, 1.807) is 11.9 Å². The maximum Gasteiger partial charge on any atom is 0.327 e. The first kappa shape index (κ1) is 16.3. The van der Waals surface area contributed by atoms with Crippen LogP contribution in [-0.4, -0.2) is 60.4 Å². The molecule has 132 valence electrons. The van der Waals surface area contributed by atoms with Gasteiger partial charge in [-0.05, 0) is 31.5 Å². The van der Waals surface area contributed by atoms with Crippen molar-refractivity contribution >= 4 is 33.3 Å². The van der Waals surface area contributed by atoms with Gasteiger partial charge < -0.3 is 4.90 Å². The third kappa shape index (κ3) is 3.45. The van der Waals surface area contributed by atoms with Crippen molar-refractivity contribution in [2.45, 2.75) is 18.9 Å². The Labute approximate surface area is 151 Å². The summed E-state index contributed by atoms with van der Waals surface area (Å²) >= 11 is 1.44. The van der Waals surface area contributed by atoms with Crippen LogP contribution in [0.2, 0.25) is 0 Å². The highest BCUT2D eigenvalue weighted by Crippen LogP contribution is 2.29. The number of nitrogens with one attached hydrogen (secondary N) is 1. The number of carbonyl (C=O) groups is 1. The Balaban J connectivity index is 1.39. The van der Waals surface area contributed by atoms with Crippen molar-refractivity contribution in [2.24, 2.45) is 0 Å². The molecular weight excluding hydrogens is 336 g/mol. The second-order valence-corrected chi connectivity index (χ2v) is 7.45. The van der Waals surface area contributed by atoms with E-state index in [4.69, 9.17) is 0 Å². The van der Waals surface area contributed by atoms with E-state index in [-0.39, 0.29) is 6.03 Å². The monoisotopic (exact) mass is 358 g/mol. The molecule has 0 bridgehead atoms. The van der Waals surface area contributed by atoms with Gasteiger partial charge in [0.1, 0.15) is 0 Å². The number of nitrogens with zero attached hydrogens (tertiary/aromatic N) is 5. The third-order valence-corrected chi connectivity index (χ3v) is 5.83. The number of carbonyl (C=O) groups excluding carboxylic acids is 1. The summed E-state index contributed by atoms with van der Waals surface area (Å²) < 4.78 is 0. The molecule has 1 atom stereocenters. The van der Waals surface area contributed by atoms with Gasteiger partial charge in [0.15, 0.2) is 0 Å². The largest absolute Gasteiger partial charge is 0.344 e. The van der Waals surface area contributed by atoms with E-state index in [0.29, 0.717) is 11.2 Å². The zero-order valence-corrected chi connectivity index (χ0v) is 15.1. The standard InChI is InChI=1S/C17H22N6OS/c1-21(13-6-3-2-4-7-13)16(24)18-15-19-20-17(25-15)23-11-10-22-9-5-8-14(22)12-23/h2-4,6-7,14H,5,8-12H2,1H3,(H,18,19,24)/t14-/m0/s1. The van der Waals surface area contributed by atoms with Crippen LogP contribution < -0.4 is 15.1 Å². The highest BCUT2D eigenvalue weighted by Gasteiger charge is 2.31. The molecule has 0 aliphatic carbocycles. The summed E-state index contributed by atoms with van der Waals surface area (Å²) in [7, 11) is 1.74. The summed E-state index contributed by atoms with van der Waals surface area (Å²) in [6, 6.07) is 9.96. The van der Waals surface area contributed by atoms with Crippen LogP contribution in [0.25, 0.3) is 0 Å². The van der Waals surface area contributed by atoms with E-state index in [2.05, 4.69) is 25.3 Å². The summed E-state index contributed by atoms with van der Waals surface area (Å²) in [5.41, 5.74) is 0.835. The molecule has 25 heavy (non-hydrogen) atoms. The molecule has 1 N–H and O–H groups in total. The molecule has 8 heteroatoms. The van der Waals surface area contributed by atoms with Crippen molar-refractivity contribution in [3.8, 4) is 0 Å². The Morgan fingerprint density at radius 3 is 2.92 bits per heavy atom. The second-order valence-electron chi connectivity index (χ2n) is 6.49. The number of hydrogen-bond donors (Lipinski definition) is 1. The van der Waals surface area contributed by atoms with Gasteiger partial charge in [0.25, 0.3) is 0 Å². The number of hydrogen-bond acceptors (Lipinski definition) is 6. The molecular formula is C17H22N6OS. The molecule has 2 aliphatic rings. The number of para-hydroxylation sites is 1. The lowest BCUT2D eigenvalue weighted by atomic mass is 10.2. The first-order valence-electron chi connectivity index (χ1n) is 8.63. The molecule has 1 aromatic carbocycles. The molecule has 0 unspecified atom stereocenters. The predicted octanol–water partition coefficient (Wildman–Crippen LogP) is 2.49. The van der Waals surface area contributed by atoms with Crippen molar-refractivity contribution in [2.75, 3.05) is 48.3 Å². The van der Waals surface area contributed by atoms with Crippen LogP contribution in [-0.2, 0) is 0 Å². The molecule has 2 aromatic rings. The van der Waals surface area contributed by atoms with Crippen LogP contribution >= 0.6 is 11.3 Å². The fourth-order valence-corrected chi connectivity index (χ4v) is 4.27. The van der Waals surface area contributed by atoms with E-state index >= 15 is 0 Å². The van der Waals surface area contributed by atoms with Crippen LogP contribution in [0.15, 0.2) is 30.3 Å². The summed E-state index contributed by atoms with van der Waals surface area (Å²) in [4.78, 5) is 18.8. The topological polar surface area (TPSA) is 64.6 Å². The molecule has 7 nitrogen and oxygen atoms in total. The lowest BCUT2D eigenvalue weighted by molar-refractivity contribution is 0.231. The lowest BCUT2D eigenvalue weighted by Crippen LogP contribution is -2.50. The molecule has 2 aliphatic heterocycles. The molecule has 0 saturated carbocycles. The fourth-order valence-electron chi connectivity index (χ4n) is 3.50. The number of rotatable bonds is 3. The minimum Gasteiger partial charge on any atom is -0.344 e. The van der Waals surface area contributed by atoms with Gasteiger partial charge in [-0.25, -0.2) is 4.79 Å². The molecule has 0 spiro atoms. The van der Waals surface area contributed by atoms with E-state index in [1.807, 2.05) is 30.3 Å². The number of urea groups is 1. The fraction of sp³-hybridized carbons (Fsp3) is 0.471. The number of piperazine rings is 1. The van der Waals surface area contributed by atoms with Gasteiger partial charge in [-0.3, -0.25) is 15.1 Å². The lowest BCUT2D eigenvalue weighted by Gasteiger charge is -2.37. The number of fused-ring (bicyclic) bond motifs is 1. The molecule has 1 aromatic heterocycles. The number of anilines is 3. The average Bonchev–Trinajstić information content (AvgIpc) is 3.30. The van der Waals surface area contributed by atoms with E-state index in [1.165, 1.54) is 30.7 Å². The van der Waals surface area contributed by atoms with Crippen molar-refractivity contribution in [1.29, 1.82) is 0 Å². The summed E-state index contributed by atoms with van der Waals surface area (Å²) in [5, 5.41) is 12.7. The summed E-state index contributed by atoms with van der Waals surface area (Å²) in [6.45, 7) is 4.29. The van der Waals surface area contributed by atoms with Gasteiger partial charge in [-0.1, -0.05) is 29.5 Å². The molecule has 2 amide bonds. The van der Waals surface area contributed by atoms with Crippen LogP contribution in [0, 0.1) is 0 Å². The average molecular weight is 358 g/mol. The highest BCUT2D eigenvalue weighted by atomic mass is 32.1. The number of aromatic nitrogens is 2. The predicted molar refractivity (Wildman–Crippen MR) is 101 cm³/mol. The Kier molecular flexibility index (Phi) is 4.54. The van der Waals surface area contributed by atoms with Crippen LogP contribution in [0.5, 0.6) is 0 Å². The zero-order chi connectivity index (χ0) is 17.2. The first-order chi connectivity index (χ1) is 12.2. The molecule has 2 fully saturated rings. The zero-order valence-electron chi connectivity index (χ0n) is 14.3. The maximum atomic E-state index is 12.4. The van der Waals surface area contributed by atoms with Crippen molar-refractivity contribution in [1.82, 2.24) is 15.1 Å². The van der Waals surface area contributed by atoms with Gasteiger partial charge in [0.05, 0.1) is 0 Å². The van der Waals surface area contributed by atoms with E-state index in [9.17, 15) is 4.79 Å². The van der Waals surface area contributed by atoms with Crippen molar-refractivity contribution in [3.63, 3.8) is 0 Å². The quantitative estimate of drug-likeness (QED) is 0.913. The van der Waals surface area contributed by atoms with Gasteiger partial charge in [-0.2, -0.15) is 0 Å². The maximum absolute atomic E-state index is 12.4. The highest BCUT2D eigenvalue weighted by molar-refractivity contribution is 7.19. The van der Waals surface area contributed by atoms with Gasteiger partial charge in [0.2, 0.25) is 10.3 Å². The summed E-state index contributed by atoms with van der Waals surface area (Å²) in [5.74, 6) is 0. The minimum atomic E-state index is -0.213. The van der Waals surface area contributed by atoms with Gasteiger partial charge in [-0.15, -0.1) is 10.2 Å². The Bertz CT molecular complexity index is 736.